The highest BCUT2D eigenvalue weighted by Gasteiger charge is 2.54. The molecule has 12 unspecified atom stereocenters. The number of aliphatic hydroxyl groups excluding tert-OH is 12. The molecule has 5 aliphatic rings. The minimum Gasteiger partial charge on any atom is -0.394 e. The molecule has 20 heteroatoms. The normalized spacial score (nSPS) is 55.9. The summed E-state index contributed by atoms with van der Waals surface area (Å²) < 4.78 is 44.3. The molecule has 12 N–H and O–H groups in total. The third kappa shape index (κ3) is 6.50. The van der Waals surface area contributed by atoms with Crippen molar-refractivity contribution < 1.29 is 99.2 Å². The zero-order chi connectivity index (χ0) is 32.0. The Morgan fingerprint density at radius 2 is 0.727 bits per heavy atom. The quantitative estimate of drug-likeness (QED) is 0.132. The minimum atomic E-state index is -1.93. The molecule has 20 nitrogen and oxygen atoms in total. The van der Waals surface area contributed by atoms with Gasteiger partial charge in [-0.15, -0.1) is 0 Å². The van der Waals surface area contributed by atoms with Gasteiger partial charge in [-0.1, -0.05) is 0 Å². The molecule has 0 aromatic rings. The monoisotopic (exact) mass is 648 g/mol. The predicted molar refractivity (Wildman–Crippen MR) is 131 cm³/mol. The number of hydrogen-bond donors (Lipinski definition) is 12. The lowest BCUT2D eigenvalue weighted by atomic mass is 9.96. The molecule has 0 saturated carbocycles. The molecule has 0 aromatic carbocycles. The van der Waals surface area contributed by atoms with E-state index < -0.39 is 149 Å². The van der Waals surface area contributed by atoms with E-state index in [1.54, 1.807) is 0 Å². The summed E-state index contributed by atoms with van der Waals surface area (Å²) in [7, 11) is 0. The van der Waals surface area contributed by atoms with Gasteiger partial charge in [-0.25, -0.2) is 0 Å². The fourth-order valence-corrected chi connectivity index (χ4v) is 5.73. The molecule has 44 heavy (non-hydrogen) atoms. The topological polar surface area (TPSA) is 317 Å². The fraction of sp³-hybridized carbons (Fsp3) is 1.00. The molecule has 256 valence electrons. The van der Waals surface area contributed by atoms with Gasteiger partial charge in [0, 0.05) is 0 Å². The largest absolute Gasteiger partial charge is 0.394 e. The van der Waals surface area contributed by atoms with Crippen LogP contribution in [0, 0.1) is 0 Å². The van der Waals surface area contributed by atoms with Gasteiger partial charge in [-0.3, -0.25) is 0 Å². The van der Waals surface area contributed by atoms with Crippen LogP contribution >= 0.6 is 0 Å². The SMILES string of the molecule is OCC1OC2OCC3O[C@@H](O[C@H]4C(O)C(OCC5O[C@@H](OC(C1O)C2O)C(O)[C@@H](O)[C@H]5O)OC(CO)[C@H]4O)C(O)[C@@H](O)[C@H]3O. The van der Waals surface area contributed by atoms with Crippen LogP contribution in [-0.2, 0) is 37.9 Å². The van der Waals surface area contributed by atoms with Crippen LogP contribution in [0.5, 0.6) is 0 Å². The average Bonchev–Trinajstić information content (AvgIpc) is 3.01. The van der Waals surface area contributed by atoms with E-state index in [-0.39, 0.29) is 0 Å². The van der Waals surface area contributed by atoms with Crippen LogP contribution in [0.4, 0.5) is 0 Å². The number of fused-ring (bicyclic) bond motifs is 8. The Kier molecular flexibility index (Phi) is 11.1. The van der Waals surface area contributed by atoms with Crippen LogP contribution < -0.4 is 0 Å². The van der Waals surface area contributed by atoms with Crippen molar-refractivity contribution in [3.63, 3.8) is 0 Å². The molecule has 0 radical (unpaired) electrons. The Hall–Kier alpha value is -0.800. The molecular weight excluding hydrogens is 608 g/mol. The molecular formula is C24H40O20. The Bertz CT molecular complexity index is 860. The van der Waals surface area contributed by atoms with Crippen LogP contribution in [0.25, 0.3) is 0 Å². The van der Waals surface area contributed by atoms with Gasteiger partial charge in [0.2, 0.25) is 0 Å². The molecule has 5 heterocycles. The third-order valence-electron chi connectivity index (χ3n) is 8.41. The lowest BCUT2D eigenvalue weighted by Gasteiger charge is -2.48. The number of hydrogen-bond acceptors (Lipinski definition) is 20. The van der Waals surface area contributed by atoms with E-state index >= 15 is 0 Å². The van der Waals surface area contributed by atoms with Crippen molar-refractivity contribution >= 4 is 0 Å². The Labute approximate surface area is 249 Å². The zero-order valence-corrected chi connectivity index (χ0v) is 23.0. The summed E-state index contributed by atoms with van der Waals surface area (Å²) in [6.45, 7) is -2.95. The lowest BCUT2D eigenvalue weighted by Crippen LogP contribution is -2.67. The van der Waals surface area contributed by atoms with Crippen molar-refractivity contribution in [2.75, 3.05) is 26.4 Å². The summed E-state index contributed by atoms with van der Waals surface area (Å²) in [4.78, 5) is 0. The van der Waals surface area contributed by atoms with Gasteiger partial charge in [0.1, 0.15) is 97.7 Å². The first-order valence-corrected chi connectivity index (χ1v) is 14.1. The van der Waals surface area contributed by atoms with E-state index in [0.29, 0.717) is 0 Å². The molecule has 8 bridgehead atoms. The van der Waals surface area contributed by atoms with Crippen LogP contribution in [0.2, 0.25) is 0 Å². The van der Waals surface area contributed by atoms with E-state index in [0.717, 1.165) is 0 Å². The van der Waals surface area contributed by atoms with Gasteiger partial charge >= 0.3 is 0 Å². The molecule has 0 spiro atoms. The molecule has 5 rings (SSSR count). The van der Waals surface area contributed by atoms with Gasteiger partial charge in [0.15, 0.2) is 25.2 Å². The van der Waals surface area contributed by atoms with E-state index in [4.69, 9.17) is 37.9 Å². The Morgan fingerprint density at radius 3 is 1.07 bits per heavy atom. The summed E-state index contributed by atoms with van der Waals surface area (Å²) in [5, 5.41) is 126. The highest BCUT2D eigenvalue weighted by atomic mass is 16.8. The third-order valence-corrected chi connectivity index (χ3v) is 8.41. The molecule has 0 aromatic heterocycles. The molecule has 5 saturated heterocycles. The maximum atomic E-state index is 11.0. The molecule has 20 atom stereocenters. The first kappa shape index (κ1) is 34.5. The lowest BCUT2D eigenvalue weighted by molar-refractivity contribution is -0.383. The van der Waals surface area contributed by atoms with E-state index in [9.17, 15) is 61.3 Å². The average molecular weight is 649 g/mol. The second-order valence-corrected chi connectivity index (χ2v) is 11.3. The highest BCUT2D eigenvalue weighted by molar-refractivity contribution is 4.97. The van der Waals surface area contributed by atoms with Crippen molar-refractivity contribution in [3.8, 4) is 0 Å². The van der Waals surface area contributed by atoms with Gasteiger partial charge in [-0.2, -0.15) is 0 Å². The Morgan fingerprint density at radius 1 is 0.364 bits per heavy atom. The second kappa shape index (κ2) is 14.1. The summed E-state index contributed by atoms with van der Waals surface area (Å²) >= 11 is 0. The summed E-state index contributed by atoms with van der Waals surface area (Å²) in [6, 6.07) is 0. The van der Waals surface area contributed by atoms with Crippen LogP contribution in [0.1, 0.15) is 0 Å². The molecule has 0 amide bonds. The number of aliphatic hydroxyl groups is 12. The summed E-state index contributed by atoms with van der Waals surface area (Å²) in [6.07, 6.45) is -34.8. The van der Waals surface area contributed by atoms with Gasteiger partial charge < -0.3 is 99.2 Å². The van der Waals surface area contributed by atoms with E-state index in [2.05, 4.69) is 0 Å². The predicted octanol–water partition coefficient (Wildman–Crippen LogP) is -8.70. The van der Waals surface area contributed by atoms with Crippen molar-refractivity contribution in [3.05, 3.63) is 0 Å². The second-order valence-electron chi connectivity index (χ2n) is 11.3. The Balaban J connectivity index is 1.47. The van der Waals surface area contributed by atoms with Crippen LogP contribution in [0.15, 0.2) is 0 Å². The highest BCUT2D eigenvalue weighted by Crippen LogP contribution is 2.33. The van der Waals surface area contributed by atoms with Crippen molar-refractivity contribution in [1.82, 2.24) is 0 Å². The van der Waals surface area contributed by atoms with E-state index in [1.165, 1.54) is 0 Å². The van der Waals surface area contributed by atoms with Crippen molar-refractivity contribution in [2.45, 2.75) is 123 Å². The molecule has 5 fully saturated rings. The zero-order valence-electron chi connectivity index (χ0n) is 23.0. The van der Waals surface area contributed by atoms with Crippen LogP contribution in [0.3, 0.4) is 0 Å². The van der Waals surface area contributed by atoms with Gasteiger partial charge in [0.05, 0.1) is 26.4 Å². The maximum absolute atomic E-state index is 11.0. The van der Waals surface area contributed by atoms with Gasteiger partial charge in [-0.05, 0) is 0 Å². The summed E-state index contributed by atoms with van der Waals surface area (Å²) in [5.41, 5.74) is 0. The maximum Gasteiger partial charge on any atom is 0.187 e. The van der Waals surface area contributed by atoms with Crippen LogP contribution in [-0.4, -0.2) is 211 Å². The first-order chi connectivity index (χ1) is 20.9. The van der Waals surface area contributed by atoms with Gasteiger partial charge in [0.25, 0.3) is 0 Å². The van der Waals surface area contributed by atoms with Crippen molar-refractivity contribution in [1.29, 1.82) is 0 Å². The molecule has 5 aliphatic heterocycles. The fourth-order valence-electron chi connectivity index (χ4n) is 5.73. The molecule has 0 aliphatic carbocycles. The van der Waals surface area contributed by atoms with E-state index in [1.807, 2.05) is 0 Å². The van der Waals surface area contributed by atoms with Crippen molar-refractivity contribution in [2.24, 2.45) is 0 Å². The summed E-state index contributed by atoms with van der Waals surface area (Å²) in [5.74, 6) is 0. The minimum absolute atomic E-state index is 0.674. The number of rotatable bonds is 2. The number of ether oxygens (including phenoxy) is 8. The first-order valence-electron chi connectivity index (χ1n) is 14.1. The standard InChI is InChI=1S/C24H40O20/c25-1-5-11(29)19-17(35)21(39-5)37-3-7-9(27)14(32)16(34)24(42-7)44-20-12(30)6(2-26)40-22(18(20)36)38-4-8-10(28)13(31)15(33)23(41-8)43-19/h5-36H,1-4H2/t5?,6?,7?,8?,9-,10-,11+,12?,13-,14-,15?,16?,17?,18?,19+,20?,21?,22?,23-,24-/m0/s1. The smallest absolute Gasteiger partial charge is 0.187 e.